The van der Waals surface area contributed by atoms with Crippen LogP contribution in [0.1, 0.15) is 13.8 Å². The van der Waals surface area contributed by atoms with Gasteiger partial charge in [0.15, 0.2) is 0 Å². The van der Waals surface area contributed by atoms with E-state index in [1.807, 2.05) is 14.1 Å². The van der Waals surface area contributed by atoms with Gasteiger partial charge < -0.3 is 10.2 Å². The quantitative estimate of drug-likeness (QED) is 0.641. The van der Waals surface area contributed by atoms with E-state index in [1.54, 1.807) is 6.20 Å². The maximum Gasteiger partial charge on any atom is 0.311 e. The number of hydrogen-bond donors (Lipinski definition) is 1. The lowest BCUT2D eigenvalue weighted by atomic mass is 9.93. The Morgan fingerprint density at radius 1 is 1.47 bits per heavy atom. The fraction of sp³-hybridized carbons (Fsp3) is 0.583. The smallest absolute Gasteiger partial charge is 0.311 e. The molecule has 0 radical (unpaired) electrons. The van der Waals surface area contributed by atoms with Crippen LogP contribution in [-0.2, 0) is 0 Å². The lowest BCUT2D eigenvalue weighted by Gasteiger charge is -2.28. The van der Waals surface area contributed by atoms with Crippen molar-refractivity contribution in [3.8, 4) is 0 Å². The molecule has 1 aromatic rings. The van der Waals surface area contributed by atoms with Gasteiger partial charge in [-0.05, 0) is 35.4 Å². The number of aromatic nitrogens is 1. The van der Waals surface area contributed by atoms with Crippen molar-refractivity contribution in [3.05, 3.63) is 27.0 Å². The second-order valence-electron chi connectivity index (χ2n) is 5.53. The fourth-order valence-corrected chi connectivity index (χ4v) is 2.44. The Morgan fingerprint density at radius 2 is 2.11 bits per heavy atom. The summed E-state index contributed by atoms with van der Waals surface area (Å²) in [6.07, 6.45) is 2.81. The minimum atomic E-state index is -0.432. The van der Waals surface area contributed by atoms with Crippen molar-refractivity contribution in [2.45, 2.75) is 13.8 Å². The van der Waals surface area contributed by atoms with Crippen LogP contribution in [0.15, 0.2) is 16.9 Å². The molecule has 0 spiro atoms. The molecule has 0 atom stereocenters. The Balaban J connectivity index is 2.86. The number of halogens is 1. The molecular formula is C12H19BrN4O2. The Bertz CT molecular complexity index is 463. The summed E-state index contributed by atoms with van der Waals surface area (Å²) in [7, 11) is 4.01. The summed E-state index contributed by atoms with van der Waals surface area (Å²) in [5.41, 5.74) is 0.460. The number of nitrogens with zero attached hydrogens (tertiary/aromatic N) is 3. The van der Waals surface area contributed by atoms with Crippen LogP contribution in [-0.4, -0.2) is 42.0 Å². The third-order valence-electron chi connectivity index (χ3n) is 2.56. The lowest BCUT2D eigenvalue weighted by molar-refractivity contribution is -0.384. The van der Waals surface area contributed by atoms with E-state index in [1.165, 1.54) is 6.20 Å². The number of rotatable bonds is 6. The molecule has 1 N–H and O–H groups in total. The van der Waals surface area contributed by atoms with Crippen LogP contribution in [0, 0.1) is 15.5 Å². The molecule has 0 bridgehead atoms. The molecule has 0 unspecified atom stereocenters. The van der Waals surface area contributed by atoms with Crippen molar-refractivity contribution in [3.63, 3.8) is 0 Å². The molecule has 0 aliphatic carbocycles. The number of nitro groups is 1. The summed E-state index contributed by atoms with van der Waals surface area (Å²) < 4.78 is 0.599. The highest BCUT2D eigenvalue weighted by molar-refractivity contribution is 9.10. The summed E-state index contributed by atoms with van der Waals surface area (Å²) in [6, 6.07) is 0. The van der Waals surface area contributed by atoms with E-state index in [2.05, 4.69) is 45.0 Å². The molecule has 0 saturated carbocycles. The van der Waals surface area contributed by atoms with Crippen molar-refractivity contribution in [2.75, 3.05) is 32.5 Å². The van der Waals surface area contributed by atoms with Crippen LogP contribution in [0.25, 0.3) is 0 Å². The molecule has 6 nitrogen and oxygen atoms in total. The second kappa shape index (κ2) is 6.29. The van der Waals surface area contributed by atoms with E-state index in [0.717, 1.165) is 6.54 Å². The molecule has 0 amide bonds. The maximum absolute atomic E-state index is 11.0. The average Bonchev–Trinajstić information content (AvgIpc) is 2.25. The monoisotopic (exact) mass is 330 g/mol. The van der Waals surface area contributed by atoms with Gasteiger partial charge in [0.05, 0.1) is 9.40 Å². The van der Waals surface area contributed by atoms with E-state index in [-0.39, 0.29) is 11.1 Å². The van der Waals surface area contributed by atoms with E-state index in [4.69, 9.17) is 0 Å². The van der Waals surface area contributed by atoms with Crippen LogP contribution < -0.4 is 5.32 Å². The summed E-state index contributed by atoms with van der Waals surface area (Å²) >= 11 is 3.29. The van der Waals surface area contributed by atoms with Gasteiger partial charge in [-0.1, -0.05) is 13.8 Å². The minimum absolute atomic E-state index is 0.0000779. The number of nitrogens with one attached hydrogen (secondary N) is 1. The Morgan fingerprint density at radius 3 is 2.63 bits per heavy atom. The zero-order valence-electron chi connectivity index (χ0n) is 11.6. The van der Waals surface area contributed by atoms with Gasteiger partial charge in [0.25, 0.3) is 0 Å². The van der Waals surface area contributed by atoms with Gasteiger partial charge in [0.2, 0.25) is 0 Å². The fourth-order valence-electron chi connectivity index (χ4n) is 1.98. The van der Waals surface area contributed by atoms with Gasteiger partial charge in [0.1, 0.15) is 11.9 Å². The molecule has 7 heteroatoms. The highest BCUT2D eigenvalue weighted by Crippen LogP contribution is 2.32. The standard InChI is InChI=1S/C12H19BrN4O2/c1-12(2,8-16(3)4)7-15-11-9(13)5-14-6-10(11)17(18)19/h5-6H,7-8H2,1-4H3,(H,14,15). The first-order valence-electron chi connectivity index (χ1n) is 5.89. The van der Waals surface area contributed by atoms with Crippen molar-refractivity contribution < 1.29 is 4.92 Å². The highest BCUT2D eigenvalue weighted by atomic mass is 79.9. The zero-order valence-corrected chi connectivity index (χ0v) is 13.2. The van der Waals surface area contributed by atoms with Gasteiger partial charge in [-0.2, -0.15) is 0 Å². The Labute approximate surface area is 121 Å². The van der Waals surface area contributed by atoms with E-state index in [9.17, 15) is 10.1 Å². The molecule has 0 saturated heterocycles. The van der Waals surface area contributed by atoms with Crippen molar-refractivity contribution in [1.82, 2.24) is 9.88 Å². The zero-order chi connectivity index (χ0) is 14.6. The summed E-state index contributed by atoms with van der Waals surface area (Å²) in [5.74, 6) is 0. The summed E-state index contributed by atoms with van der Waals surface area (Å²) in [6.45, 7) is 5.74. The van der Waals surface area contributed by atoms with E-state index in [0.29, 0.717) is 16.7 Å². The van der Waals surface area contributed by atoms with Gasteiger partial charge in [-0.3, -0.25) is 15.1 Å². The molecule has 19 heavy (non-hydrogen) atoms. The van der Waals surface area contributed by atoms with Crippen molar-refractivity contribution in [2.24, 2.45) is 5.41 Å². The number of pyridine rings is 1. The molecular weight excluding hydrogens is 312 g/mol. The predicted molar refractivity (Wildman–Crippen MR) is 79.4 cm³/mol. The summed E-state index contributed by atoms with van der Waals surface area (Å²) in [5, 5.41) is 14.1. The van der Waals surface area contributed by atoms with Crippen LogP contribution in [0.4, 0.5) is 11.4 Å². The first-order valence-corrected chi connectivity index (χ1v) is 6.69. The SMILES string of the molecule is CN(C)CC(C)(C)CNc1c(Br)cncc1[N+](=O)[O-]. The molecule has 1 rings (SSSR count). The third kappa shape index (κ3) is 4.76. The van der Waals surface area contributed by atoms with Crippen LogP contribution in [0.2, 0.25) is 0 Å². The predicted octanol–water partition coefficient (Wildman–Crippen LogP) is 2.75. The minimum Gasteiger partial charge on any atom is -0.378 e. The molecule has 1 aromatic heterocycles. The van der Waals surface area contributed by atoms with E-state index < -0.39 is 4.92 Å². The topological polar surface area (TPSA) is 71.3 Å². The van der Waals surface area contributed by atoms with Gasteiger partial charge in [-0.25, -0.2) is 0 Å². The number of anilines is 1. The average molecular weight is 331 g/mol. The molecule has 0 aromatic carbocycles. The van der Waals surface area contributed by atoms with Crippen molar-refractivity contribution >= 4 is 27.3 Å². The van der Waals surface area contributed by atoms with Crippen LogP contribution in [0.5, 0.6) is 0 Å². The molecule has 1 heterocycles. The first kappa shape index (κ1) is 15.8. The lowest BCUT2D eigenvalue weighted by Crippen LogP contribution is -2.34. The number of hydrogen-bond acceptors (Lipinski definition) is 5. The Kier molecular flexibility index (Phi) is 5.25. The normalized spacial score (nSPS) is 11.7. The Hall–Kier alpha value is -1.21. The first-order chi connectivity index (χ1) is 8.73. The molecule has 106 valence electrons. The largest absolute Gasteiger partial charge is 0.378 e. The third-order valence-corrected chi connectivity index (χ3v) is 3.17. The van der Waals surface area contributed by atoms with Crippen molar-refractivity contribution in [1.29, 1.82) is 0 Å². The molecule has 0 fully saturated rings. The van der Waals surface area contributed by atoms with Gasteiger partial charge >= 0.3 is 5.69 Å². The molecule has 0 aliphatic rings. The maximum atomic E-state index is 11.0. The van der Waals surface area contributed by atoms with Crippen LogP contribution >= 0.6 is 15.9 Å². The van der Waals surface area contributed by atoms with Crippen LogP contribution in [0.3, 0.4) is 0 Å². The van der Waals surface area contributed by atoms with Gasteiger partial charge in [-0.15, -0.1) is 0 Å². The molecule has 0 aliphatic heterocycles. The highest BCUT2D eigenvalue weighted by Gasteiger charge is 2.22. The summed E-state index contributed by atoms with van der Waals surface area (Å²) in [4.78, 5) is 16.5. The van der Waals surface area contributed by atoms with Gasteiger partial charge in [0, 0.05) is 19.3 Å². The second-order valence-corrected chi connectivity index (χ2v) is 6.38. The van der Waals surface area contributed by atoms with E-state index >= 15 is 0 Å².